The van der Waals surface area contributed by atoms with Crippen molar-refractivity contribution < 1.29 is 9.47 Å². The molecule has 0 bridgehead atoms. The highest BCUT2D eigenvalue weighted by Gasteiger charge is 2.34. The van der Waals surface area contributed by atoms with Gasteiger partial charge in [0.15, 0.2) is 5.82 Å². The zero-order chi connectivity index (χ0) is 22.5. The Morgan fingerprint density at radius 3 is 2.39 bits per heavy atom. The fraction of sp³-hybridized carbons (Fsp3) is 0.708. The van der Waals surface area contributed by atoms with Gasteiger partial charge >= 0.3 is 0 Å². The number of nitrogens with zero attached hydrogens (tertiary/aromatic N) is 6. The highest BCUT2D eigenvalue weighted by molar-refractivity contribution is 5.85. The van der Waals surface area contributed by atoms with Gasteiger partial charge in [-0.25, -0.2) is 4.68 Å². The maximum Gasteiger partial charge on any atom is 0.173 e. The molecule has 9 heteroatoms. The Hall–Kier alpha value is -1.90. The second kappa shape index (κ2) is 12.0. The molecule has 33 heavy (non-hydrogen) atoms. The lowest BCUT2D eigenvalue weighted by atomic mass is 10.0. The second-order valence-corrected chi connectivity index (χ2v) is 9.46. The summed E-state index contributed by atoms with van der Waals surface area (Å²) in [5.41, 5.74) is 1.06. The van der Waals surface area contributed by atoms with Crippen LogP contribution >= 0.6 is 12.4 Å². The van der Waals surface area contributed by atoms with Crippen LogP contribution in [0, 0.1) is 5.92 Å². The number of methoxy groups -OCH3 is 2. The summed E-state index contributed by atoms with van der Waals surface area (Å²) in [6.07, 6.45) is 6.48. The third kappa shape index (κ3) is 5.97. The molecule has 4 rings (SSSR count). The molecule has 2 aromatic rings. The van der Waals surface area contributed by atoms with Crippen LogP contribution in [0.3, 0.4) is 0 Å². The predicted molar refractivity (Wildman–Crippen MR) is 131 cm³/mol. The normalized spacial score (nSPS) is 18.9. The van der Waals surface area contributed by atoms with Gasteiger partial charge in [0.25, 0.3) is 0 Å². The molecule has 1 aromatic heterocycles. The van der Waals surface area contributed by atoms with E-state index in [4.69, 9.17) is 9.47 Å². The predicted octanol–water partition coefficient (Wildman–Crippen LogP) is 3.81. The molecule has 8 nitrogen and oxygen atoms in total. The number of hydrogen-bond acceptors (Lipinski definition) is 7. The Morgan fingerprint density at radius 2 is 1.76 bits per heavy atom. The SMILES string of the molecule is COc1ccc(OC)c(C(c2nnnn2CCC(C)C)N2CCN(C3CCCC3)CC2)c1.Cl. The minimum absolute atomic E-state index is 0. The fourth-order valence-electron chi connectivity index (χ4n) is 5.13. The second-order valence-electron chi connectivity index (χ2n) is 9.46. The molecule has 1 aromatic carbocycles. The van der Waals surface area contributed by atoms with Gasteiger partial charge in [-0.2, -0.15) is 0 Å². The van der Waals surface area contributed by atoms with E-state index < -0.39 is 0 Å². The Balaban J connectivity index is 0.00000306. The molecule has 1 saturated heterocycles. The van der Waals surface area contributed by atoms with Crippen molar-refractivity contribution in [3.8, 4) is 11.5 Å². The molecule has 1 saturated carbocycles. The van der Waals surface area contributed by atoms with Gasteiger partial charge in [0.1, 0.15) is 17.5 Å². The fourth-order valence-corrected chi connectivity index (χ4v) is 5.13. The number of piperazine rings is 1. The number of halogens is 1. The molecular weight excluding hydrogens is 440 g/mol. The van der Waals surface area contributed by atoms with Crippen LogP contribution < -0.4 is 9.47 Å². The average Bonchev–Trinajstić information content (AvgIpc) is 3.51. The number of rotatable bonds is 9. The van der Waals surface area contributed by atoms with Crippen LogP contribution in [-0.4, -0.2) is 76.4 Å². The molecule has 0 radical (unpaired) electrons. The summed E-state index contributed by atoms with van der Waals surface area (Å²) < 4.78 is 13.3. The summed E-state index contributed by atoms with van der Waals surface area (Å²) in [4.78, 5) is 5.20. The highest BCUT2D eigenvalue weighted by Crippen LogP contribution is 2.37. The van der Waals surface area contributed by atoms with Gasteiger partial charge in [0.05, 0.1) is 14.2 Å². The number of ether oxygens (including phenoxy) is 2. The van der Waals surface area contributed by atoms with Crippen molar-refractivity contribution in [2.45, 2.75) is 64.6 Å². The van der Waals surface area contributed by atoms with Crippen molar-refractivity contribution in [3.63, 3.8) is 0 Å². The minimum atomic E-state index is -0.0760. The molecular formula is C24H39ClN6O2. The summed E-state index contributed by atoms with van der Waals surface area (Å²) in [7, 11) is 3.43. The first-order valence-electron chi connectivity index (χ1n) is 12.1. The first kappa shape index (κ1) is 25.7. The van der Waals surface area contributed by atoms with Crippen molar-refractivity contribution in [2.24, 2.45) is 5.92 Å². The van der Waals surface area contributed by atoms with Crippen molar-refractivity contribution in [3.05, 3.63) is 29.6 Å². The van der Waals surface area contributed by atoms with Crippen molar-refractivity contribution in [1.29, 1.82) is 0 Å². The number of aromatic nitrogens is 4. The quantitative estimate of drug-likeness (QED) is 0.542. The van der Waals surface area contributed by atoms with Gasteiger partial charge in [0.2, 0.25) is 0 Å². The van der Waals surface area contributed by atoms with Crippen molar-refractivity contribution in [1.82, 2.24) is 30.0 Å². The van der Waals surface area contributed by atoms with Gasteiger partial charge in [-0.3, -0.25) is 9.80 Å². The molecule has 1 atom stereocenters. The van der Waals surface area contributed by atoms with Gasteiger partial charge in [-0.1, -0.05) is 26.7 Å². The standard InChI is InChI=1S/C24H38N6O2.ClH/c1-18(2)11-12-30-24(25-26-27-30)23(21-17-20(31-3)9-10-22(21)32-4)29-15-13-28(14-16-29)19-7-5-6-8-19;/h9-10,17-19,23H,5-8,11-16H2,1-4H3;1H. The Kier molecular flexibility index (Phi) is 9.35. The summed E-state index contributed by atoms with van der Waals surface area (Å²) in [6.45, 7) is 9.41. The monoisotopic (exact) mass is 478 g/mol. The van der Waals surface area contributed by atoms with E-state index in [-0.39, 0.29) is 18.4 Å². The summed E-state index contributed by atoms with van der Waals surface area (Å²) in [5, 5.41) is 12.9. The van der Waals surface area contributed by atoms with E-state index in [0.717, 1.165) is 68.1 Å². The van der Waals surface area contributed by atoms with Crippen LogP contribution in [0.2, 0.25) is 0 Å². The van der Waals surface area contributed by atoms with Crippen LogP contribution in [0.4, 0.5) is 0 Å². The third-order valence-corrected chi connectivity index (χ3v) is 7.01. The van der Waals surface area contributed by atoms with E-state index in [1.165, 1.54) is 25.7 Å². The third-order valence-electron chi connectivity index (χ3n) is 7.01. The van der Waals surface area contributed by atoms with Crippen LogP contribution in [0.25, 0.3) is 0 Å². The van der Waals surface area contributed by atoms with E-state index in [0.29, 0.717) is 5.92 Å². The first-order valence-corrected chi connectivity index (χ1v) is 12.1. The van der Waals surface area contributed by atoms with E-state index in [1.54, 1.807) is 14.2 Å². The molecule has 0 amide bonds. The topological polar surface area (TPSA) is 68.5 Å². The lowest BCUT2D eigenvalue weighted by Crippen LogP contribution is -2.51. The van der Waals surface area contributed by atoms with Gasteiger partial charge in [-0.05, 0) is 53.8 Å². The Bertz CT molecular complexity index is 862. The van der Waals surface area contributed by atoms with E-state index >= 15 is 0 Å². The summed E-state index contributed by atoms with van der Waals surface area (Å²) in [6, 6.07) is 6.69. The number of benzene rings is 1. The molecule has 0 spiro atoms. The first-order chi connectivity index (χ1) is 15.6. The molecule has 2 heterocycles. The van der Waals surface area contributed by atoms with Crippen LogP contribution in [0.1, 0.15) is 63.4 Å². The zero-order valence-corrected chi connectivity index (χ0v) is 21.3. The highest BCUT2D eigenvalue weighted by atomic mass is 35.5. The van der Waals surface area contributed by atoms with Crippen molar-refractivity contribution in [2.75, 3.05) is 40.4 Å². The number of aryl methyl sites for hydroxylation is 1. The largest absolute Gasteiger partial charge is 0.497 e. The van der Waals surface area contributed by atoms with Crippen molar-refractivity contribution >= 4 is 12.4 Å². The molecule has 0 N–H and O–H groups in total. The number of tetrazole rings is 1. The maximum absolute atomic E-state index is 5.78. The van der Waals surface area contributed by atoms with E-state index in [2.05, 4.69) is 45.2 Å². The maximum atomic E-state index is 5.78. The summed E-state index contributed by atoms with van der Waals surface area (Å²) in [5.74, 6) is 3.13. The molecule has 2 aliphatic rings. The molecule has 2 fully saturated rings. The van der Waals surface area contributed by atoms with E-state index in [9.17, 15) is 0 Å². The lowest BCUT2D eigenvalue weighted by Gasteiger charge is -2.41. The van der Waals surface area contributed by atoms with Gasteiger partial charge < -0.3 is 9.47 Å². The zero-order valence-electron chi connectivity index (χ0n) is 20.4. The van der Waals surface area contributed by atoms with E-state index in [1.807, 2.05) is 16.8 Å². The molecule has 184 valence electrons. The van der Waals surface area contributed by atoms with Gasteiger partial charge in [-0.15, -0.1) is 17.5 Å². The lowest BCUT2D eigenvalue weighted by molar-refractivity contribution is 0.0761. The van der Waals surface area contributed by atoms with Crippen LogP contribution in [-0.2, 0) is 6.54 Å². The average molecular weight is 479 g/mol. The Morgan fingerprint density at radius 1 is 1.03 bits per heavy atom. The Labute approximate surface area is 204 Å². The smallest absolute Gasteiger partial charge is 0.173 e. The molecule has 1 aliphatic heterocycles. The molecule has 1 unspecified atom stereocenters. The molecule has 1 aliphatic carbocycles. The number of hydrogen-bond donors (Lipinski definition) is 0. The van der Waals surface area contributed by atoms with Crippen LogP contribution in [0.15, 0.2) is 18.2 Å². The van der Waals surface area contributed by atoms with Crippen LogP contribution in [0.5, 0.6) is 11.5 Å². The van der Waals surface area contributed by atoms with Gasteiger partial charge in [0, 0.05) is 44.3 Å². The minimum Gasteiger partial charge on any atom is -0.497 e. The summed E-state index contributed by atoms with van der Waals surface area (Å²) >= 11 is 0.